The molecule has 0 aliphatic rings. The van der Waals surface area contributed by atoms with E-state index in [1.165, 1.54) is 38.5 Å². The van der Waals surface area contributed by atoms with Crippen molar-refractivity contribution in [2.75, 3.05) is 6.61 Å². The maximum atomic E-state index is 9.53. The van der Waals surface area contributed by atoms with Crippen molar-refractivity contribution in [1.82, 2.24) is 0 Å². The third-order valence-electron chi connectivity index (χ3n) is 3.36. The highest BCUT2D eigenvalue weighted by Gasteiger charge is 2.07. The molecule has 0 aliphatic carbocycles. The number of aliphatic hydroxyl groups excluding tert-OH is 3. The van der Waals surface area contributed by atoms with Crippen molar-refractivity contribution in [1.29, 1.82) is 0 Å². The van der Waals surface area contributed by atoms with Crippen LogP contribution in [-0.4, -0.2) is 34.1 Å². The summed E-state index contributed by atoms with van der Waals surface area (Å²) in [6, 6.07) is 0. The Balaban J connectivity index is 3.28. The summed E-state index contributed by atoms with van der Waals surface area (Å²) in [7, 11) is 0. The molecule has 0 fully saturated rings. The molecular weight excluding hydrogens is 252 g/mol. The van der Waals surface area contributed by atoms with Gasteiger partial charge in [-0.1, -0.05) is 50.3 Å². The lowest BCUT2D eigenvalue weighted by atomic mass is 10.1. The van der Waals surface area contributed by atoms with E-state index < -0.39 is 12.2 Å². The van der Waals surface area contributed by atoms with Crippen LogP contribution in [0.2, 0.25) is 0 Å². The Morgan fingerprint density at radius 3 is 1.95 bits per heavy atom. The minimum Gasteiger partial charge on any atom is -0.394 e. The molecule has 3 heteroatoms. The molecule has 0 radical (unpaired) electrons. The molecule has 3 N–H and O–H groups in total. The summed E-state index contributed by atoms with van der Waals surface area (Å²) in [5, 5.41) is 27.3. The van der Waals surface area contributed by atoms with Gasteiger partial charge in [0.15, 0.2) is 0 Å². The molecule has 0 saturated heterocycles. The van der Waals surface area contributed by atoms with Crippen LogP contribution in [-0.2, 0) is 0 Å². The van der Waals surface area contributed by atoms with Crippen molar-refractivity contribution >= 4 is 0 Å². The van der Waals surface area contributed by atoms with E-state index in [1.807, 2.05) is 12.2 Å². The van der Waals surface area contributed by atoms with Crippen molar-refractivity contribution in [2.24, 2.45) is 0 Å². The van der Waals surface area contributed by atoms with Crippen LogP contribution in [0.25, 0.3) is 0 Å². The first-order chi connectivity index (χ1) is 9.70. The molecule has 20 heavy (non-hydrogen) atoms. The predicted molar refractivity (Wildman–Crippen MR) is 84.6 cm³/mol. The molecule has 0 rings (SSSR count). The van der Waals surface area contributed by atoms with Gasteiger partial charge in [0.05, 0.1) is 18.8 Å². The highest BCUT2D eigenvalue weighted by atomic mass is 16.3. The zero-order valence-corrected chi connectivity index (χ0v) is 12.7. The molecule has 0 bridgehead atoms. The van der Waals surface area contributed by atoms with E-state index in [0.29, 0.717) is 0 Å². The van der Waals surface area contributed by atoms with Crippen LogP contribution in [0.3, 0.4) is 0 Å². The van der Waals surface area contributed by atoms with E-state index in [9.17, 15) is 5.11 Å². The molecule has 3 nitrogen and oxygen atoms in total. The molecule has 2 atom stereocenters. The molecule has 0 aromatic carbocycles. The van der Waals surface area contributed by atoms with Crippen molar-refractivity contribution in [2.45, 2.75) is 76.4 Å². The first kappa shape index (κ1) is 19.4. The summed E-state index contributed by atoms with van der Waals surface area (Å²) >= 11 is 0. The van der Waals surface area contributed by atoms with Crippen molar-refractivity contribution < 1.29 is 15.3 Å². The second-order valence-electron chi connectivity index (χ2n) is 5.41. The molecule has 0 aromatic heterocycles. The van der Waals surface area contributed by atoms with Crippen LogP contribution in [0.15, 0.2) is 24.8 Å². The summed E-state index contributed by atoms with van der Waals surface area (Å²) in [5.74, 6) is 0. The number of aliphatic hydroxyl groups is 3. The van der Waals surface area contributed by atoms with Crippen LogP contribution in [0, 0.1) is 0 Å². The SMILES string of the molecule is C=CCCCCCCCCCC=CC(O)CC(O)CO. The number of hydrogen-bond donors (Lipinski definition) is 3. The predicted octanol–water partition coefficient (Wildman–Crippen LogP) is 3.34. The Hall–Kier alpha value is -0.640. The van der Waals surface area contributed by atoms with Gasteiger partial charge in [-0.15, -0.1) is 6.58 Å². The Kier molecular flexibility index (Phi) is 14.3. The van der Waals surface area contributed by atoms with Crippen molar-refractivity contribution in [3.8, 4) is 0 Å². The Labute approximate surface area is 124 Å². The number of hydrogen-bond acceptors (Lipinski definition) is 3. The lowest BCUT2D eigenvalue weighted by Gasteiger charge is -2.09. The van der Waals surface area contributed by atoms with Gasteiger partial charge in [0.25, 0.3) is 0 Å². The first-order valence-electron chi connectivity index (χ1n) is 7.95. The zero-order valence-electron chi connectivity index (χ0n) is 12.7. The summed E-state index contributed by atoms with van der Waals surface area (Å²) in [4.78, 5) is 0. The lowest BCUT2D eigenvalue weighted by molar-refractivity contribution is 0.0556. The smallest absolute Gasteiger partial charge is 0.0798 e. The van der Waals surface area contributed by atoms with E-state index in [1.54, 1.807) is 6.08 Å². The standard InChI is InChI=1S/C17H32O3/c1-2-3-4-5-6-7-8-9-10-11-12-13-16(19)14-17(20)15-18/h2,12-13,16-20H,1,3-11,14-15H2. The maximum absolute atomic E-state index is 9.53. The van der Waals surface area contributed by atoms with Crippen LogP contribution in [0.4, 0.5) is 0 Å². The third-order valence-corrected chi connectivity index (χ3v) is 3.36. The van der Waals surface area contributed by atoms with Crippen molar-refractivity contribution in [3.63, 3.8) is 0 Å². The molecule has 0 heterocycles. The quantitative estimate of drug-likeness (QED) is 0.339. The van der Waals surface area contributed by atoms with Gasteiger partial charge in [-0.25, -0.2) is 0 Å². The number of allylic oxidation sites excluding steroid dienone is 2. The highest BCUT2D eigenvalue weighted by Crippen LogP contribution is 2.10. The molecule has 2 unspecified atom stereocenters. The van der Waals surface area contributed by atoms with E-state index in [2.05, 4.69) is 6.58 Å². The minimum atomic E-state index is -0.823. The average molecular weight is 284 g/mol. The average Bonchev–Trinajstić information content (AvgIpc) is 2.44. The summed E-state index contributed by atoms with van der Waals surface area (Å²) in [6.07, 6.45) is 15.4. The monoisotopic (exact) mass is 284 g/mol. The van der Waals surface area contributed by atoms with Crippen molar-refractivity contribution in [3.05, 3.63) is 24.8 Å². The lowest BCUT2D eigenvalue weighted by Crippen LogP contribution is -2.19. The molecular formula is C17H32O3. The molecule has 0 spiro atoms. The van der Waals surface area contributed by atoms with Gasteiger partial charge < -0.3 is 15.3 Å². The van der Waals surface area contributed by atoms with E-state index in [-0.39, 0.29) is 13.0 Å². The van der Waals surface area contributed by atoms with Crippen LogP contribution in [0.5, 0.6) is 0 Å². The number of rotatable bonds is 14. The van der Waals surface area contributed by atoms with Crippen LogP contribution < -0.4 is 0 Å². The Morgan fingerprint density at radius 1 is 0.850 bits per heavy atom. The third kappa shape index (κ3) is 13.8. The van der Waals surface area contributed by atoms with Gasteiger partial charge in [0.1, 0.15) is 0 Å². The van der Waals surface area contributed by atoms with Gasteiger partial charge in [0, 0.05) is 6.42 Å². The normalized spacial score (nSPS) is 14.6. The first-order valence-corrected chi connectivity index (χ1v) is 7.95. The summed E-state index contributed by atoms with van der Waals surface area (Å²) in [6.45, 7) is 3.42. The van der Waals surface area contributed by atoms with E-state index in [0.717, 1.165) is 19.3 Å². The van der Waals surface area contributed by atoms with Gasteiger partial charge in [-0.2, -0.15) is 0 Å². The van der Waals surface area contributed by atoms with Crippen LogP contribution >= 0.6 is 0 Å². The zero-order chi connectivity index (χ0) is 15.1. The van der Waals surface area contributed by atoms with E-state index >= 15 is 0 Å². The van der Waals surface area contributed by atoms with Gasteiger partial charge in [-0.05, 0) is 25.7 Å². The number of unbranched alkanes of at least 4 members (excludes halogenated alkanes) is 8. The molecule has 0 amide bonds. The van der Waals surface area contributed by atoms with Gasteiger partial charge in [-0.3, -0.25) is 0 Å². The second-order valence-corrected chi connectivity index (χ2v) is 5.41. The largest absolute Gasteiger partial charge is 0.394 e. The maximum Gasteiger partial charge on any atom is 0.0798 e. The fourth-order valence-electron chi connectivity index (χ4n) is 2.12. The summed E-state index contributed by atoms with van der Waals surface area (Å²) < 4.78 is 0. The van der Waals surface area contributed by atoms with Gasteiger partial charge >= 0.3 is 0 Å². The minimum absolute atomic E-state index is 0.206. The topological polar surface area (TPSA) is 60.7 Å². The molecule has 0 aliphatic heterocycles. The highest BCUT2D eigenvalue weighted by molar-refractivity contribution is 4.89. The van der Waals surface area contributed by atoms with E-state index in [4.69, 9.17) is 10.2 Å². The Bertz CT molecular complexity index is 238. The second kappa shape index (κ2) is 14.8. The molecule has 0 aromatic rings. The molecule has 118 valence electrons. The molecule has 0 saturated carbocycles. The Morgan fingerprint density at radius 2 is 1.40 bits per heavy atom. The fourth-order valence-corrected chi connectivity index (χ4v) is 2.12. The van der Waals surface area contributed by atoms with Gasteiger partial charge in [0.2, 0.25) is 0 Å². The summed E-state index contributed by atoms with van der Waals surface area (Å²) in [5.41, 5.74) is 0. The fraction of sp³-hybridized carbons (Fsp3) is 0.765. The van der Waals surface area contributed by atoms with Crippen LogP contribution in [0.1, 0.15) is 64.2 Å².